The van der Waals surface area contributed by atoms with Gasteiger partial charge in [-0.25, -0.2) is 0 Å². The van der Waals surface area contributed by atoms with E-state index in [2.05, 4.69) is 13.5 Å². The van der Waals surface area contributed by atoms with E-state index in [1.807, 2.05) is 30.3 Å². The van der Waals surface area contributed by atoms with Crippen LogP contribution < -0.4 is 0 Å². The Morgan fingerprint density at radius 3 is 1.61 bits per heavy atom. The molecule has 0 amide bonds. The Kier molecular flexibility index (Phi) is 23.0. The first-order valence-corrected chi connectivity index (χ1v) is 13.4. The third-order valence-electron chi connectivity index (χ3n) is 6.17. The predicted octanol–water partition coefficient (Wildman–Crippen LogP) is 9.28. The van der Waals surface area contributed by atoms with Gasteiger partial charge in [-0.05, 0) is 18.4 Å². The molecule has 0 saturated carbocycles. The zero-order chi connectivity index (χ0) is 24.4. The summed E-state index contributed by atoms with van der Waals surface area (Å²) in [5.41, 5.74) is 1.14. The molecule has 0 aliphatic heterocycles. The number of benzene rings is 1. The number of rotatable bonds is 20. The van der Waals surface area contributed by atoms with Crippen molar-refractivity contribution in [1.82, 2.24) is 0 Å². The van der Waals surface area contributed by atoms with Crippen molar-refractivity contribution < 1.29 is 9.90 Å². The molecule has 0 aromatic heterocycles. The van der Waals surface area contributed by atoms with Crippen molar-refractivity contribution in [2.45, 2.75) is 122 Å². The highest BCUT2D eigenvalue weighted by Crippen LogP contribution is 2.18. The zero-order valence-corrected chi connectivity index (χ0v) is 21.3. The largest absolute Gasteiger partial charge is 0.481 e. The molecule has 0 radical (unpaired) electrons. The van der Waals surface area contributed by atoms with E-state index in [1.54, 1.807) is 6.07 Å². The van der Waals surface area contributed by atoms with Crippen molar-refractivity contribution in [2.24, 2.45) is 5.92 Å². The Balaban J connectivity index is 0.00000235. The number of carboxylic acid groups (broad SMARTS) is 1. The maximum Gasteiger partial charge on any atom is 0.306 e. The first kappa shape index (κ1) is 30.9. The molecular weight excluding hydrogens is 406 g/mol. The number of hydrogen-bond donors (Lipinski definition) is 1. The van der Waals surface area contributed by atoms with Crippen molar-refractivity contribution in [3.63, 3.8) is 0 Å². The highest BCUT2D eigenvalue weighted by Gasteiger charge is 2.17. The van der Waals surface area contributed by atoms with Crippen LogP contribution >= 0.6 is 0 Å². The van der Waals surface area contributed by atoms with Crippen LogP contribution in [0.15, 0.2) is 43.0 Å². The molecule has 0 heterocycles. The molecule has 186 valence electrons. The highest BCUT2D eigenvalue weighted by atomic mass is 16.4. The van der Waals surface area contributed by atoms with Crippen LogP contribution in [0.25, 0.3) is 0 Å². The van der Waals surface area contributed by atoms with Gasteiger partial charge in [-0.3, -0.25) is 4.79 Å². The SMILES string of the molecule is C=CC#N.CCCCCCCCCCCCCCCCCCC(Cc1ccccc1)C(=O)O. The lowest BCUT2D eigenvalue weighted by atomic mass is 9.93. The molecule has 0 fully saturated rings. The maximum absolute atomic E-state index is 11.5. The van der Waals surface area contributed by atoms with Gasteiger partial charge in [0.2, 0.25) is 0 Å². The van der Waals surface area contributed by atoms with Crippen LogP contribution in [0.3, 0.4) is 0 Å². The fourth-order valence-corrected chi connectivity index (χ4v) is 4.15. The molecule has 0 aliphatic rings. The molecule has 1 atom stereocenters. The van der Waals surface area contributed by atoms with Gasteiger partial charge in [-0.15, -0.1) is 0 Å². The third-order valence-corrected chi connectivity index (χ3v) is 6.17. The Hall–Kier alpha value is -2.08. The van der Waals surface area contributed by atoms with Crippen molar-refractivity contribution in [3.05, 3.63) is 48.6 Å². The Labute approximate surface area is 204 Å². The summed E-state index contributed by atoms with van der Waals surface area (Å²) in [5, 5.41) is 17.0. The van der Waals surface area contributed by atoms with Crippen LogP contribution in [-0.4, -0.2) is 11.1 Å². The maximum atomic E-state index is 11.5. The molecule has 0 bridgehead atoms. The Morgan fingerprint density at radius 1 is 0.848 bits per heavy atom. The summed E-state index contributed by atoms with van der Waals surface area (Å²) >= 11 is 0. The van der Waals surface area contributed by atoms with E-state index >= 15 is 0 Å². The van der Waals surface area contributed by atoms with Gasteiger partial charge in [0, 0.05) is 6.08 Å². The molecular formula is C30H49NO2. The van der Waals surface area contributed by atoms with Gasteiger partial charge < -0.3 is 5.11 Å². The molecule has 1 aromatic rings. The minimum absolute atomic E-state index is 0.232. The normalized spacial score (nSPS) is 11.2. The fraction of sp³-hybridized carbons (Fsp3) is 0.667. The number of aliphatic carboxylic acids is 1. The van der Waals surface area contributed by atoms with Gasteiger partial charge >= 0.3 is 5.97 Å². The van der Waals surface area contributed by atoms with E-state index in [-0.39, 0.29) is 5.92 Å². The Bertz CT molecular complexity index is 605. The molecule has 1 aromatic carbocycles. The first-order chi connectivity index (χ1) is 16.2. The number of carboxylic acids is 1. The van der Waals surface area contributed by atoms with Crippen LogP contribution in [0.4, 0.5) is 0 Å². The van der Waals surface area contributed by atoms with Gasteiger partial charge in [-0.1, -0.05) is 147 Å². The van der Waals surface area contributed by atoms with E-state index in [0.29, 0.717) is 6.42 Å². The molecule has 1 N–H and O–H groups in total. The molecule has 3 heteroatoms. The van der Waals surface area contributed by atoms with Gasteiger partial charge in [0.25, 0.3) is 0 Å². The first-order valence-electron chi connectivity index (χ1n) is 13.4. The standard InChI is InChI=1S/C27H46O2.C3H3N/c1-2-3-4-5-6-7-8-9-10-11-12-13-14-15-16-20-23-26(27(28)29)24-25-21-18-17-19-22-25;1-2-3-4/h17-19,21-22,26H,2-16,20,23-24H2,1H3,(H,28,29);2H,1H2. The van der Waals surface area contributed by atoms with Crippen molar-refractivity contribution in [2.75, 3.05) is 0 Å². The van der Waals surface area contributed by atoms with Crippen LogP contribution in [-0.2, 0) is 11.2 Å². The van der Waals surface area contributed by atoms with Gasteiger partial charge in [0.05, 0.1) is 12.0 Å². The summed E-state index contributed by atoms with van der Waals surface area (Å²) in [5.74, 6) is -0.876. The quantitative estimate of drug-likeness (QED) is 0.157. The lowest BCUT2D eigenvalue weighted by Crippen LogP contribution is -2.16. The summed E-state index contributed by atoms with van der Waals surface area (Å²) in [6, 6.07) is 11.7. The van der Waals surface area contributed by atoms with Crippen molar-refractivity contribution >= 4 is 5.97 Å². The minimum atomic E-state index is -0.644. The molecule has 0 saturated heterocycles. The van der Waals surface area contributed by atoms with E-state index in [0.717, 1.165) is 18.4 Å². The summed E-state index contributed by atoms with van der Waals surface area (Å²) in [7, 11) is 0. The number of allylic oxidation sites excluding steroid dienone is 1. The minimum Gasteiger partial charge on any atom is -0.481 e. The summed E-state index contributed by atoms with van der Waals surface area (Å²) < 4.78 is 0. The van der Waals surface area contributed by atoms with E-state index < -0.39 is 5.97 Å². The average molecular weight is 456 g/mol. The van der Waals surface area contributed by atoms with Crippen molar-refractivity contribution in [1.29, 1.82) is 5.26 Å². The van der Waals surface area contributed by atoms with Crippen molar-refractivity contribution in [3.8, 4) is 6.07 Å². The third kappa shape index (κ3) is 21.5. The summed E-state index contributed by atoms with van der Waals surface area (Å²) in [6.07, 6.45) is 24.3. The molecule has 0 spiro atoms. The van der Waals surface area contributed by atoms with E-state index in [9.17, 15) is 9.90 Å². The summed E-state index contributed by atoms with van der Waals surface area (Å²) in [4.78, 5) is 11.5. The zero-order valence-electron chi connectivity index (χ0n) is 21.3. The smallest absolute Gasteiger partial charge is 0.306 e. The number of nitrogens with zero attached hydrogens (tertiary/aromatic N) is 1. The summed E-state index contributed by atoms with van der Waals surface area (Å²) in [6.45, 7) is 5.40. The highest BCUT2D eigenvalue weighted by molar-refractivity contribution is 5.70. The van der Waals surface area contributed by atoms with Crippen LogP contribution in [0, 0.1) is 17.2 Å². The van der Waals surface area contributed by atoms with Gasteiger partial charge in [-0.2, -0.15) is 5.26 Å². The second-order valence-corrected chi connectivity index (χ2v) is 9.15. The average Bonchev–Trinajstić information content (AvgIpc) is 2.83. The number of carbonyl (C=O) groups is 1. The Morgan fingerprint density at radius 2 is 1.24 bits per heavy atom. The molecule has 3 nitrogen and oxygen atoms in total. The molecule has 33 heavy (non-hydrogen) atoms. The van der Waals surface area contributed by atoms with Crippen LogP contribution in [0.1, 0.15) is 122 Å². The monoisotopic (exact) mass is 455 g/mol. The van der Waals surface area contributed by atoms with Gasteiger partial charge in [0.1, 0.15) is 0 Å². The van der Waals surface area contributed by atoms with Gasteiger partial charge in [0.15, 0.2) is 0 Å². The number of hydrogen-bond acceptors (Lipinski definition) is 2. The van der Waals surface area contributed by atoms with Crippen LogP contribution in [0.5, 0.6) is 0 Å². The predicted molar refractivity (Wildman–Crippen MR) is 141 cm³/mol. The van der Waals surface area contributed by atoms with E-state index in [4.69, 9.17) is 5.26 Å². The van der Waals surface area contributed by atoms with Crippen LogP contribution in [0.2, 0.25) is 0 Å². The topological polar surface area (TPSA) is 61.1 Å². The number of nitriles is 1. The molecule has 0 aliphatic carbocycles. The second kappa shape index (κ2) is 24.6. The fourth-order valence-electron chi connectivity index (χ4n) is 4.15. The molecule has 1 unspecified atom stereocenters. The second-order valence-electron chi connectivity index (χ2n) is 9.15. The lowest BCUT2D eigenvalue weighted by Gasteiger charge is -2.12. The van der Waals surface area contributed by atoms with E-state index in [1.165, 1.54) is 102 Å². The lowest BCUT2D eigenvalue weighted by molar-refractivity contribution is -0.142. The number of unbranched alkanes of at least 4 members (excludes halogenated alkanes) is 15. The molecule has 1 rings (SSSR count).